The van der Waals surface area contributed by atoms with Gasteiger partial charge in [-0.1, -0.05) is 17.9 Å². The number of nitrogens with zero attached hydrogens (tertiary/aromatic N) is 1. The van der Waals surface area contributed by atoms with E-state index in [4.69, 9.17) is 21.6 Å². The first-order valence-corrected chi connectivity index (χ1v) is 7.37. The SMILES string of the molecule is CP(C)(=S)Oc1cccc(C#N)c1. The number of benzene rings is 1. The minimum Gasteiger partial charge on any atom is -0.467 e. The quantitative estimate of drug-likeness (QED) is 0.705. The molecule has 68 valence electrons. The smallest absolute Gasteiger partial charge is 0.125 e. The van der Waals surface area contributed by atoms with Gasteiger partial charge in [0.2, 0.25) is 0 Å². The summed E-state index contributed by atoms with van der Waals surface area (Å²) in [6, 6.07) is 9.10. The molecule has 0 radical (unpaired) electrons. The average Bonchev–Trinajstić information content (AvgIpc) is 2.01. The highest BCUT2D eigenvalue weighted by molar-refractivity contribution is 8.11. The molecule has 0 bridgehead atoms. The van der Waals surface area contributed by atoms with Crippen LogP contribution in [0.2, 0.25) is 0 Å². The van der Waals surface area contributed by atoms with Crippen LogP contribution in [-0.2, 0) is 11.8 Å². The second-order valence-corrected chi connectivity index (χ2v) is 8.31. The van der Waals surface area contributed by atoms with Gasteiger partial charge in [0, 0.05) is 0 Å². The minimum absolute atomic E-state index is 0.598. The van der Waals surface area contributed by atoms with Crippen LogP contribution in [0.15, 0.2) is 24.3 Å². The molecule has 0 saturated carbocycles. The highest BCUT2D eigenvalue weighted by Crippen LogP contribution is 2.39. The first-order chi connectivity index (χ1) is 6.01. The Bertz CT molecular complexity index is 391. The predicted molar refractivity (Wildman–Crippen MR) is 57.9 cm³/mol. The Labute approximate surface area is 83.2 Å². The molecule has 1 aromatic carbocycles. The highest BCUT2D eigenvalue weighted by Gasteiger charge is 2.04. The number of nitriles is 1. The Morgan fingerprint density at radius 2 is 2.15 bits per heavy atom. The van der Waals surface area contributed by atoms with E-state index in [1.165, 1.54) is 0 Å². The fourth-order valence-electron chi connectivity index (χ4n) is 0.876. The summed E-state index contributed by atoms with van der Waals surface area (Å²) in [5.74, 6) is 0.687. The lowest BCUT2D eigenvalue weighted by molar-refractivity contribution is 0.621. The lowest BCUT2D eigenvalue weighted by Crippen LogP contribution is -1.88. The molecule has 1 aromatic rings. The van der Waals surface area contributed by atoms with E-state index in [-0.39, 0.29) is 0 Å². The molecular weight excluding hydrogens is 201 g/mol. The largest absolute Gasteiger partial charge is 0.467 e. The van der Waals surface area contributed by atoms with Gasteiger partial charge in [-0.25, -0.2) is 0 Å². The molecule has 0 saturated heterocycles. The van der Waals surface area contributed by atoms with Gasteiger partial charge in [-0.3, -0.25) is 0 Å². The van der Waals surface area contributed by atoms with Crippen molar-refractivity contribution in [1.82, 2.24) is 0 Å². The van der Waals surface area contributed by atoms with E-state index in [9.17, 15) is 0 Å². The first kappa shape index (κ1) is 10.2. The summed E-state index contributed by atoms with van der Waals surface area (Å²) in [6.07, 6.45) is -1.69. The van der Waals surface area contributed by atoms with Gasteiger partial charge in [-0.05, 0) is 31.5 Å². The Morgan fingerprint density at radius 3 is 2.69 bits per heavy atom. The predicted octanol–water partition coefficient (Wildman–Crippen LogP) is 2.59. The van der Waals surface area contributed by atoms with Crippen LogP contribution in [0, 0.1) is 11.3 Å². The molecule has 0 N–H and O–H groups in total. The second-order valence-electron chi connectivity index (χ2n) is 2.98. The van der Waals surface area contributed by atoms with Crippen LogP contribution in [-0.4, -0.2) is 13.3 Å². The molecule has 0 atom stereocenters. The van der Waals surface area contributed by atoms with Crippen LogP contribution in [0.1, 0.15) is 5.56 Å². The van der Waals surface area contributed by atoms with E-state index in [1.807, 2.05) is 19.4 Å². The normalized spacial score (nSPS) is 10.5. The van der Waals surface area contributed by atoms with Gasteiger partial charge in [-0.15, -0.1) is 0 Å². The summed E-state index contributed by atoms with van der Waals surface area (Å²) < 4.78 is 5.52. The second kappa shape index (κ2) is 3.91. The van der Waals surface area contributed by atoms with E-state index in [0.717, 1.165) is 0 Å². The summed E-state index contributed by atoms with van der Waals surface area (Å²) >= 11 is 5.15. The van der Waals surface area contributed by atoms with Gasteiger partial charge in [0.15, 0.2) is 0 Å². The molecule has 0 aromatic heterocycles. The molecule has 13 heavy (non-hydrogen) atoms. The van der Waals surface area contributed by atoms with Gasteiger partial charge in [0.25, 0.3) is 0 Å². The zero-order valence-electron chi connectivity index (χ0n) is 7.52. The third-order valence-corrected chi connectivity index (χ3v) is 2.16. The highest BCUT2D eigenvalue weighted by atomic mass is 32.4. The van der Waals surface area contributed by atoms with Gasteiger partial charge in [0.05, 0.1) is 11.6 Å². The lowest BCUT2D eigenvalue weighted by atomic mass is 10.2. The Morgan fingerprint density at radius 1 is 1.46 bits per heavy atom. The fraction of sp³-hybridized carbons (Fsp3) is 0.222. The zero-order chi connectivity index (χ0) is 9.90. The van der Waals surface area contributed by atoms with Crippen LogP contribution in [0.4, 0.5) is 0 Å². The van der Waals surface area contributed by atoms with Crippen LogP contribution >= 0.6 is 6.26 Å². The van der Waals surface area contributed by atoms with Crippen LogP contribution in [0.5, 0.6) is 5.75 Å². The molecule has 1 rings (SSSR count). The number of hydrogen-bond donors (Lipinski definition) is 0. The maximum Gasteiger partial charge on any atom is 0.125 e. The third kappa shape index (κ3) is 3.59. The third-order valence-electron chi connectivity index (χ3n) is 1.29. The number of hydrogen-bond acceptors (Lipinski definition) is 3. The molecule has 0 fully saturated rings. The van der Waals surface area contributed by atoms with Crippen LogP contribution in [0.25, 0.3) is 0 Å². The van der Waals surface area contributed by atoms with Gasteiger partial charge >= 0.3 is 0 Å². The molecule has 2 nitrogen and oxygen atoms in total. The van der Waals surface area contributed by atoms with Crippen molar-refractivity contribution < 1.29 is 4.52 Å². The molecule has 4 heteroatoms. The van der Waals surface area contributed by atoms with Gasteiger partial charge < -0.3 is 4.52 Å². The molecule has 0 aliphatic carbocycles. The maximum absolute atomic E-state index is 8.64. The summed E-state index contributed by atoms with van der Waals surface area (Å²) in [6.45, 7) is 3.81. The summed E-state index contributed by atoms with van der Waals surface area (Å²) in [5.41, 5.74) is 0.598. The molecule has 0 amide bonds. The topological polar surface area (TPSA) is 33.0 Å². The zero-order valence-corrected chi connectivity index (χ0v) is 9.23. The Kier molecular flexibility index (Phi) is 3.08. The van der Waals surface area contributed by atoms with Gasteiger partial charge in [-0.2, -0.15) is 5.26 Å². The van der Waals surface area contributed by atoms with Crippen molar-refractivity contribution in [2.75, 3.05) is 13.3 Å². The van der Waals surface area contributed by atoms with Crippen LogP contribution in [0.3, 0.4) is 0 Å². The van der Waals surface area contributed by atoms with Crippen molar-refractivity contribution >= 4 is 18.1 Å². The maximum atomic E-state index is 8.64. The minimum atomic E-state index is -1.69. The van der Waals surface area contributed by atoms with E-state index >= 15 is 0 Å². The van der Waals surface area contributed by atoms with Crippen molar-refractivity contribution in [2.24, 2.45) is 0 Å². The standard InChI is InChI=1S/C9H10NOPS/c1-12(2,13)11-9-5-3-4-8(6-9)7-10/h3-6H,1-2H3. The Hall–Kier alpha value is -0.840. The molecule has 0 spiro atoms. The van der Waals surface area contributed by atoms with Gasteiger partial charge in [0.1, 0.15) is 12.0 Å². The number of rotatable bonds is 2. The monoisotopic (exact) mass is 211 g/mol. The van der Waals surface area contributed by atoms with Crippen molar-refractivity contribution in [3.63, 3.8) is 0 Å². The fourth-order valence-corrected chi connectivity index (χ4v) is 1.76. The molecule has 0 heterocycles. The van der Waals surface area contributed by atoms with Crippen molar-refractivity contribution in [2.45, 2.75) is 0 Å². The molecule has 0 aliphatic rings. The van der Waals surface area contributed by atoms with E-state index in [0.29, 0.717) is 11.3 Å². The van der Waals surface area contributed by atoms with Crippen molar-refractivity contribution in [1.29, 1.82) is 5.26 Å². The average molecular weight is 211 g/mol. The van der Waals surface area contributed by atoms with E-state index in [1.54, 1.807) is 18.2 Å². The molecule has 0 aliphatic heterocycles. The lowest BCUT2D eigenvalue weighted by Gasteiger charge is -2.13. The Balaban J connectivity index is 2.92. The first-order valence-electron chi connectivity index (χ1n) is 3.76. The molecule has 0 unspecified atom stereocenters. The van der Waals surface area contributed by atoms with Crippen molar-refractivity contribution in [3.8, 4) is 11.8 Å². The van der Waals surface area contributed by atoms with E-state index in [2.05, 4.69) is 6.07 Å². The van der Waals surface area contributed by atoms with E-state index < -0.39 is 6.26 Å². The summed E-state index contributed by atoms with van der Waals surface area (Å²) in [5, 5.41) is 8.64. The van der Waals surface area contributed by atoms with Crippen LogP contribution < -0.4 is 4.52 Å². The summed E-state index contributed by atoms with van der Waals surface area (Å²) in [4.78, 5) is 0. The van der Waals surface area contributed by atoms with Crippen molar-refractivity contribution in [3.05, 3.63) is 29.8 Å². The molecular formula is C9H10NOPS. The summed E-state index contributed by atoms with van der Waals surface area (Å²) in [7, 11) is 0.